The summed E-state index contributed by atoms with van der Waals surface area (Å²) in [5, 5.41) is 2.92. The molecule has 6 heteroatoms. The van der Waals surface area contributed by atoms with Gasteiger partial charge in [0.1, 0.15) is 11.3 Å². The minimum Gasteiger partial charge on any atom is -0.346 e. The number of hydrogen-bond acceptors (Lipinski definition) is 3. The second kappa shape index (κ2) is 6.20. The number of fused-ring (bicyclic) bond motifs is 2. The molecule has 0 spiro atoms. The summed E-state index contributed by atoms with van der Waals surface area (Å²) in [6, 6.07) is 16.0. The van der Waals surface area contributed by atoms with E-state index in [0.717, 1.165) is 48.1 Å². The number of nitrogens with one attached hydrogen (secondary N) is 2. The van der Waals surface area contributed by atoms with E-state index in [1.54, 1.807) is 18.0 Å². The molecule has 4 heterocycles. The van der Waals surface area contributed by atoms with E-state index < -0.39 is 0 Å². The summed E-state index contributed by atoms with van der Waals surface area (Å²) in [5.41, 5.74) is 3.90. The van der Waals surface area contributed by atoms with Crippen LogP contribution in [0, 0.1) is 0 Å². The Balaban J connectivity index is 1.74. The summed E-state index contributed by atoms with van der Waals surface area (Å²) in [6.07, 6.45) is 5.54. The fourth-order valence-corrected chi connectivity index (χ4v) is 4.26. The summed E-state index contributed by atoms with van der Waals surface area (Å²) in [7, 11) is 0. The summed E-state index contributed by atoms with van der Waals surface area (Å²) in [5.74, 6) is 0. The van der Waals surface area contributed by atoms with Gasteiger partial charge in [-0.05, 0) is 48.5 Å². The van der Waals surface area contributed by atoms with Crippen molar-refractivity contribution in [2.75, 3.05) is 0 Å². The van der Waals surface area contributed by atoms with Gasteiger partial charge in [0, 0.05) is 49.7 Å². The molecule has 5 aromatic rings. The van der Waals surface area contributed by atoms with E-state index in [9.17, 15) is 0 Å². The maximum Gasteiger partial charge on any atom is 0.138 e. The Morgan fingerprint density at radius 3 is 2.58 bits per heavy atom. The van der Waals surface area contributed by atoms with E-state index in [0.29, 0.717) is 0 Å². The lowest BCUT2D eigenvalue weighted by Gasteiger charge is -2.06. The smallest absolute Gasteiger partial charge is 0.138 e. The molecule has 0 saturated carbocycles. The predicted octanol–water partition coefficient (Wildman–Crippen LogP) is 5.91. The average molecular weight is 377 g/mol. The van der Waals surface area contributed by atoms with Crippen LogP contribution in [-0.2, 0) is 0 Å². The molecular formula is C20H13ClN4S. The molecule has 0 bridgehead atoms. The third-order valence-corrected chi connectivity index (χ3v) is 5.67. The Morgan fingerprint density at radius 2 is 1.69 bits per heavy atom. The van der Waals surface area contributed by atoms with Gasteiger partial charge in [-0.3, -0.25) is 0 Å². The van der Waals surface area contributed by atoms with Crippen molar-refractivity contribution < 1.29 is 0 Å². The number of aromatic amines is 2. The van der Waals surface area contributed by atoms with Crippen LogP contribution in [0.1, 0.15) is 0 Å². The highest BCUT2D eigenvalue weighted by molar-refractivity contribution is 7.99. The monoisotopic (exact) mass is 376 g/mol. The Labute approximate surface area is 158 Å². The van der Waals surface area contributed by atoms with Gasteiger partial charge in [-0.15, -0.1) is 0 Å². The first kappa shape index (κ1) is 15.5. The van der Waals surface area contributed by atoms with Gasteiger partial charge >= 0.3 is 0 Å². The molecule has 2 N–H and O–H groups in total. The van der Waals surface area contributed by atoms with Gasteiger partial charge in [-0.1, -0.05) is 23.4 Å². The lowest BCUT2D eigenvalue weighted by Crippen LogP contribution is -1.84. The highest BCUT2D eigenvalue weighted by Gasteiger charge is 2.17. The lowest BCUT2D eigenvalue weighted by molar-refractivity contribution is 1.30. The molecule has 0 saturated heterocycles. The SMILES string of the molecule is Clc1ccc(Sc2c(-c3ccnc4[nH]ccc34)[nH]c3ncccc23)cc1. The summed E-state index contributed by atoms with van der Waals surface area (Å²) in [6.45, 7) is 0. The van der Waals surface area contributed by atoms with Crippen LogP contribution in [0.4, 0.5) is 0 Å². The first-order chi connectivity index (χ1) is 12.8. The molecule has 0 aliphatic carbocycles. The molecule has 1 aromatic carbocycles. The summed E-state index contributed by atoms with van der Waals surface area (Å²) >= 11 is 7.74. The van der Waals surface area contributed by atoms with Gasteiger partial charge in [-0.2, -0.15) is 0 Å². The number of pyridine rings is 2. The lowest BCUT2D eigenvalue weighted by atomic mass is 10.1. The summed E-state index contributed by atoms with van der Waals surface area (Å²) in [4.78, 5) is 17.8. The van der Waals surface area contributed by atoms with Gasteiger partial charge < -0.3 is 9.97 Å². The van der Waals surface area contributed by atoms with Crippen molar-refractivity contribution >= 4 is 45.4 Å². The van der Waals surface area contributed by atoms with Gasteiger partial charge in [0.15, 0.2) is 0 Å². The van der Waals surface area contributed by atoms with Crippen molar-refractivity contribution in [1.82, 2.24) is 19.9 Å². The van der Waals surface area contributed by atoms with E-state index in [-0.39, 0.29) is 0 Å². The standard InChI is InChI=1S/C20H13ClN4S/c21-12-3-5-13(6-4-12)26-18-16-2-1-9-22-20(16)25-17(18)14-7-10-23-19-15(14)8-11-24-19/h1-11H,(H,22,25)(H,23,24). The maximum absolute atomic E-state index is 6.03. The molecule has 0 aliphatic rings. The molecule has 26 heavy (non-hydrogen) atoms. The zero-order valence-corrected chi connectivity index (χ0v) is 15.1. The topological polar surface area (TPSA) is 57.4 Å². The molecule has 4 nitrogen and oxygen atoms in total. The third kappa shape index (κ3) is 2.57. The number of H-pyrrole nitrogens is 2. The van der Waals surface area contributed by atoms with Crippen molar-refractivity contribution in [3.8, 4) is 11.3 Å². The zero-order valence-electron chi connectivity index (χ0n) is 13.5. The Hall–Kier alpha value is -2.76. The van der Waals surface area contributed by atoms with Crippen LogP contribution in [0.5, 0.6) is 0 Å². The van der Waals surface area contributed by atoms with Gasteiger partial charge in [0.2, 0.25) is 0 Å². The second-order valence-electron chi connectivity index (χ2n) is 5.88. The number of hydrogen-bond donors (Lipinski definition) is 2. The normalized spacial score (nSPS) is 11.4. The maximum atomic E-state index is 6.03. The highest BCUT2D eigenvalue weighted by atomic mass is 35.5. The quantitative estimate of drug-likeness (QED) is 0.411. The number of halogens is 1. The minimum absolute atomic E-state index is 0.735. The molecule has 4 aromatic heterocycles. The minimum atomic E-state index is 0.735. The molecule has 0 fully saturated rings. The van der Waals surface area contributed by atoms with E-state index in [2.05, 4.69) is 26.0 Å². The van der Waals surface area contributed by atoms with Gasteiger partial charge in [-0.25, -0.2) is 9.97 Å². The molecule has 0 aliphatic heterocycles. The average Bonchev–Trinajstić information content (AvgIpc) is 3.28. The van der Waals surface area contributed by atoms with Crippen molar-refractivity contribution in [1.29, 1.82) is 0 Å². The highest BCUT2D eigenvalue weighted by Crippen LogP contribution is 2.42. The molecular weight excluding hydrogens is 364 g/mol. The molecule has 0 unspecified atom stereocenters. The van der Waals surface area contributed by atoms with Crippen LogP contribution < -0.4 is 0 Å². The van der Waals surface area contributed by atoms with E-state index in [1.165, 1.54) is 0 Å². The van der Waals surface area contributed by atoms with Gasteiger partial charge in [0.05, 0.1) is 5.69 Å². The zero-order chi connectivity index (χ0) is 17.5. The first-order valence-electron chi connectivity index (χ1n) is 8.12. The molecule has 0 amide bonds. The van der Waals surface area contributed by atoms with Crippen molar-refractivity contribution in [2.45, 2.75) is 9.79 Å². The van der Waals surface area contributed by atoms with Crippen LogP contribution in [0.3, 0.4) is 0 Å². The number of aromatic nitrogens is 4. The predicted molar refractivity (Wildman–Crippen MR) is 107 cm³/mol. The fraction of sp³-hybridized carbons (Fsp3) is 0. The summed E-state index contributed by atoms with van der Waals surface area (Å²) < 4.78 is 0. The second-order valence-corrected chi connectivity index (χ2v) is 7.40. The molecule has 5 rings (SSSR count). The van der Waals surface area contributed by atoms with Crippen LogP contribution in [0.15, 0.2) is 76.9 Å². The Kier molecular flexibility index (Phi) is 3.69. The van der Waals surface area contributed by atoms with Crippen LogP contribution >= 0.6 is 23.4 Å². The van der Waals surface area contributed by atoms with Crippen molar-refractivity contribution in [2.24, 2.45) is 0 Å². The van der Waals surface area contributed by atoms with Crippen molar-refractivity contribution in [3.63, 3.8) is 0 Å². The number of rotatable bonds is 3. The van der Waals surface area contributed by atoms with E-state index in [1.807, 2.05) is 54.9 Å². The van der Waals surface area contributed by atoms with E-state index >= 15 is 0 Å². The van der Waals surface area contributed by atoms with Crippen LogP contribution in [-0.4, -0.2) is 19.9 Å². The first-order valence-corrected chi connectivity index (χ1v) is 9.31. The fourth-order valence-electron chi connectivity index (χ4n) is 3.09. The van der Waals surface area contributed by atoms with Crippen LogP contribution in [0.25, 0.3) is 33.3 Å². The Morgan fingerprint density at radius 1 is 0.846 bits per heavy atom. The van der Waals surface area contributed by atoms with Gasteiger partial charge in [0.25, 0.3) is 0 Å². The molecule has 126 valence electrons. The van der Waals surface area contributed by atoms with E-state index in [4.69, 9.17) is 11.6 Å². The van der Waals surface area contributed by atoms with Crippen molar-refractivity contribution in [3.05, 3.63) is 72.1 Å². The molecule has 0 radical (unpaired) electrons. The Bertz CT molecular complexity index is 1220. The number of benzene rings is 1. The van der Waals surface area contributed by atoms with Crippen LogP contribution in [0.2, 0.25) is 5.02 Å². The largest absolute Gasteiger partial charge is 0.346 e. The molecule has 0 atom stereocenters. The third-order valence-electron chi connectivity index (χ3n) is 4.29. The number of nitrogens with zero attached hydrogens (tertiary/aromatic N) is 2.